The van der Waals surface area contributed by atoms with Crippen molar-refractivity contribution in [2.45, 2.75) is 13.3 Å². The molecule has 3 rings (SSSR count). The maximum atomic E-state index is 12.2. The Balaban J connectivity index is 1.77. The molecule has 6 nitrogen and oxygen atoms in total. The van der Waals surface area contributed by atoms with Crippen LogP contribution in [0.25, 0.3) is 5.69 Å². The molecule has 0 aliphatic rings. The van der Waals surface area contributed by atoms with Crippen LogP contribution < -0.4 is 5.32 Å². The number of carbonyl (C=O) groups is 1. The molecule has 0 aliphatic heterocycles. The Morgan fingerprint density at radius 1 is 1.33 bits per heavy atom. The number of benzene rings is 1. The summed E-state index contributed by atoms with van der Waals surface area (Å²) in [5, 5.41) is 11.0. The molecule has 0 bridgehead atoms. The topological polar surface area (TPSA) is 72.7 Å². The van der Waals surface area contributed by atoms with Crippen LogP contribution in [0, 0.1) is 0 Å². The molecule has 2 aromatic heterocycles. The summed E-state index contributed by atoms with van der Waals surface area (Å²) in [6.07, 6.45) is 4.07. The molecule has 1 N–H and O–H groups in total. The van der Waals surface area contributed by atoms with Gasteiger partial charge in [0.15, 0.2) is 0 Å². The van der Waals surface area contributed by atoms with Gasteiger partial charge in [-0.05, 0) is 30.1 Å². The molecule has 1 amide bonds. The Bertz CT molecular complexity index is 750. The van der Waals surface area contributed by atoms with Gasteiger partial charge in [0.1, 0.15) is 4.88 Å². The first kappa shape index (κ1) is 13.4. The molecule has 0 saturated carbocycles. The molecule has 106 valence electrons. The van der Waals surface area contributed by atoms with E-state index in [9.17, 15) is 4.79 Å². The number of para-hydroxylation sites is 1. The third-order valence-electron chi connectivity index (χ3n) is 2.96. The van der Waals surface area contributed by atoms with E-state index < -0.39 is 0 Å². The van der Waals surface area contributed by atoms with Gasteiger partial charge in [-0.1, -0.05) is 29.6 Å². The standard InChI is InChI=1S/C14H13N5OS/c1-2-12-13(21-18-17-12)14(20)16-10-8-15-19(9-10)11-6-4-3-5-7-11/h3-9H,2H2,1H3,(H,16,20). The lowest BCUT2D eigenvalue weighted by Crippen LogP contribution is -2.11. The van der Waals surface area contributed by atoms with E-state index in [2.05, 4.69) is 20.0 Å². The first-order valence-electron chi connectivity index (χ1n) is 6.50. The lowest BCUT2D eigenvalue weighted by Gasteiger charge is -2.01. The van der Waals surface area contributed by atoms with Crippen LogP contribution in [0.4, 0.5) is 5.69 Å². The van der Waals surface area contributed by atoms with Crippen molar-refractivity contribution in [2.75, 3.05) is 5.32 Å². The zero-order valence-corrected chi connectivity index (χ0v) is 12.2. The minimum Gasteiger partial charge on any atom is -0.318 e. The fourth-order valence-electron chi connectivity index (χ4n) is 1.91. The predicted molar refractivity (Wildman–Crippen MR) is 80.8 cm³/mol. The van der Waals surface area contributed by atoms with Crippen molar-refractivity contribution < 1.29 is 4.79 Å². The molecule has 0 aliphatic carbocycles. The minimum absolute atomic E-state index is 0.200. The summed E-state index contributed by atoms with van der Waals surface area (Å²) in [6, 6.07) is 9.71. The van der Waals surface area contributed by atoms with Gasteiger partial charge in [-0.15, -0.1) is 5.10 Å². The van der Waals surface area contributed by atoms with E-state index in [-0.39, 0.29) is 5.91 Å². The molecule has 1 aromatic carbocycles. The first-order chi connectivity index (χ1) is 10.3. The van der Waals surface area contributed by atoms with Crippen molar-refractivity contribution in [1.82, 2.24) is 19.4 Å². The Kier molecular flexibility index (Phi) is 3.74. The van der Waals surface area contributed by atoms with E-state index >= 15 is 0 Å². The molecule has 0 spiro atoms. The van der Waals surface area contributed by atoms with Crippen LogP contribution in [0.3, 0.4) is 0 Å². The smallest absolute Gasteiger partial charge is 0.269 e. The highest BCUT2D eigenvalue weighted by atomic mass is 32.1. The number of hydrogen-bond acceptors (Lipinski definition) is 5. The molecule has 2 heterocycles. The molecule has 0 fully saturated rings. The van der Waals surface area contributed by atoms with Crippen LogP contribution in [0.2, 0.25) is 0 Å². The van der Waals surface area contributed by atoms with Gasteiger partial charge in [-0.25, -0.2) is 4.68 Å². The molecule has 3 aromatic rings. The summed E-state index contributed by atoms with van der Waals surface area (Å²) in [5.41, 5.74) is 2.29. The van der Waals surface area contributed by atoms with E-state index in [4.69, 9.17) is 0 Å². The van der Waals surface area contributed by atoms with Crippen LogP contribution in [-0.2, 0) is 6.42 Å². The fraction of sp³-hybridized carbons (Fsp3) is 0.143. The summed E-state index contributed by atoms with van der Waals surface area (Å²) in [4.78, 5) is 12.7. The number of nitrogens with zero attached hydrogens (tertiary/aromatic N) is 4. The third-order valence-corrected chi connectivity index (χ3v) is 3.72. The van der Waals surface area contributed by atoms with Crippen molar-refractivity contribution in [3.05, 3.63) is 53.3 Å². The molecule has 21 heavy (non-hydrogen) atoms. The molecule has 0 radical (unpaired) electrons. The van der Waals surface area contributed by atoms with E-state index in [1.807, 2.05) is 37.3 Å². The molecular formula is C14H13N5OS. The van der Waals surface area contributed by atoms with E-state index in [1.165, 1.54) is 0 Å². The van der Waals surface area contributed by atoms with Gasteiger partial charge in [0.2, 0.25) is 0 Å². The number of hydrogen-bond donors (Lipinski definition) is 1. The number of anilines is 1. The number of carbonyl (C=O) groups excluding carboxylic acids is 1. The molecule has 7 heteroatoms. The van der Waals surface area contributed by atoms with Crippen molar-refractivity contribution >= 4 is 23.1 Å². The zero-order valence-electron chi connectivity index (χ0n) is 11.4. The second-order valence-electron chi connectivity index (χ2n) is 4.37. The number of rotatable bonds is 4. The normalized spacial score (nSPS) is 10.5. The number of amides is 1. The van der Waals surface area contributed by atoms with Crippen LogP contribution in [0.1, 0.15) is 22.3 Å². The Morgan fingerprint density at radius 3 is 2.90 bits per heavy atom. The quantitative estimate of drug-likeness (QED) is 0.803. The average Bonchev–Trinajstić information content (AvgIpc) is 3.16. The first-order valence-corrected chi connectivity index (χ1v) is 7.28. The molecule has 0 unspecified atom stereocenters. The van der Waals surface area contributed by atoms with E-state index in [1.54, 1.807) is 17.1 Å². The van der Waals surface area contributed by atoms with Gasteiger partial charge < -0.3 is 5.32 Å². The van der Waals surface area contributed by atoms with Crippen molar-refractivity contribution in [3.8, 4) is 5.69 Å². The second-order valence-corrected chi connectivity index (χ2v) is 5.12. The van der Waals surface area contributed by atoms with E-state index in [0.29, 0.717) is 22.7 Å². The Labute approximate surface area is 125 Å². The number of aromatic nitrogens is 4. The maximum Gasteiger partial charge on any atom is 0.269 e. The van der Waals surface area contributed by atoms with Crippen LogP contribution in [0.15, 0.2) is 42.7 Å². The lowest BCUT2D eigenvalue weighted by atomic mass is 10.3. The summed E-state index contributed by atoms with van der Waals surface area (Å²) in [6.45, 7) is 1.95. The van der Waals surface area contributed by atoms with Gasteiger partial charge in [0.05, 0.1) is 29.5 Å². The largest absolute Gasteiger partial charge is 0.318 e. The minimum atomic E-state index is -0.200. The van der Waals surface area contributed by atoms with Gasteiger partial charge in [0, 0.05) is 0 Å². The third kappa shape index (κ3) is 2.82. The van der Waals surface area contributed by atoms with Crippen LogP contribution in [-0.4, -0.2) is 25.3 Å². The Morgan fingerprint density at radius 2 is 2.14 bits per heavy atom. The summed E-state index contributed by atoms with van der Waals surface area (Å²) >= 11 is 1.10. The van der Waals surface area contributed by atoms with E-state index in [0.717, 1.165) is 17.2 Å². The fourth-order valence-corrected chi connectivity index (χ4v) is 2.56. The molecule has 0 atom stereocenters. The average molecular weight is 299 g/mol. The highest BCUT2D eigenvalue weighted by Crippen LogP contribution is 2.16. The summed E-state index contributed by atoms with van der Waals surface area (Å²) in [5.74, 6) is -0.200. The van der Waals surface area contributed by atoms with Gasteiger partial charge >= 0.3 is 0 Å². The van der Waals surface area contributed by atoms with Crippen molar-refractivity contribution in [1.29, 1.82) is 0 Å². The summed E-state index contributed by atoms with van der Waals surface area (Å²) in [7, 11) is 0. The van der Waals surface area contributed by atoms with Crippen molar-refractivity contribution in [2.24, 2.45) is 0 Å². The molecule has 0 saturated heterocycles. The second kappa shape index (κ2) is 5.84. The lowest BCUT2D eigenvalue weighted by molar-refractivity contribution is 0.102. The number of nitrogens with one attached hydrogen (secondary N) is 1. The van der Waals surface area contributed by atoms with Gasteiger partial charge in [-0.2, -0.15) is 5.10 Å². The predicted octanol–water partition coefficient (Wildman–Crippen LogP) is 2.54. The monoisotopic (exact) mass is 299 g/mol. The van der Waals surface area contributed by atoms with Gasteiger partial charge in [-0.3, -0.25) is 4.79 Å². The maximum absolute atomic E-state index is 12.2. The van der Waals surface area contributed by atoms with Gasteiger partial charge in [0.25, 0.3) is 5.91 Å². The highest BCUT2D eigenvalue weighted by Gasteiger charge is 2.15. The van der Waals surface area contributed by atoms with Crippen LogP contribution >= 0.6 is 11.5 Å². The zero-order chi connectivity index (χ0) is 14.7. The number of aryl methyl sites for hydroxylation is 1. The Hall–Kier alpha value is -2.54. The van der Waals surface area contributed by atoms with Crippen molar-refractivity contribution in [3.63, 3.8) is 0 Å². The summed E-state index contributed by atoms with van der Waals surface area (Å²) < 4.78 is 5.53. The highest BCUT2D eigenvalue weighted by molar-refractivity contribution is 7.08. The SMILES string of the molecule is CCc1nnsc1C(=O)Nc1cnn(-c2ccccc2)c1. The molecular weight excluding hydrogens is 286 g/mol. The van der Waals surface area contributed by atoms with Crippen LogP contribution in [0.5, 0.6) is 0 Å².